The fourth-order valence-corrected chi connectivity index (χ4v) is 2.79. The van der Waals surface area contributed by atoms with Gasteiger partial charge in [-0.1, -0.05) is 60.7 Å². The number of nitrogens with one attached hydrogen (secondary N) is 1. The van der Waals surface area contributed by atoms with Crippen LogP contribution in [0.5, 0.6) is 0 Å². The van der Waals surface area contributed by atoms with Crippen molar-refractivity contribution in [3.63, 3.8) is 0 Å². The summed E-state index contributed by atoms with van der Waals surface area (Å²) in [4.78, 5) is 12.1. The average molecular weight is 305 g/mol. The maximum absolute atomic E-state index is 12.1. The molecule has 3 aromatic rings. The largest absolute Gasteiger partial charge is 0.332 e. The van der Waals surface area contributed by atoms with Crippen molar-refractivity contribution in [3.05, 3.63) is 78.4 Å². The summed E-state index contributed by atoms with van der Waals surface area (Å²) in [5.41, 5.74) is 2.10. The van der Waals surface area contributed by atoms with E-state index in [9.17, 15) is 4.79 Å². The van der Waals surface area contributed by atoms with E-state index in [1.165, 1.54) is 16.3 Å². The van der Waals surface area contributed by atoms with E-state index >= 15 is 0 Å². The van der Waals surface area contributed by atoms with Crippen LogP contribution in [-0.2, 0) is 4.79 Å². The predicted molar refractivity (Wildman–Crippen MR) is 94.2 cm³/mol. The fraction of sp³-hybridized carbons (Fsp3) is 0.150. The van der Waals surface area contributed by atoms with E-state index in [0.29, 0.717) is 6.54 Å². The molecule has 3 rings (SSSR count). The number of fused-ring (bicyclic) bond motifs is 1. The van der Waals surface area contributed by atoms with E-state index < -0.39 is 0 Å². The first-order chi connectivity index (χ1) is 11.2. The van der Waals surface area contributed by atoms with Crippen LogP contribution in [0.1, 0.15) is 18.5 Å². The molecule has 23 heavy (non-hydrogen) atoms. The van der Waals surface area contributed by atoms with Crippen molar-refractivity contribution < 1.29 is 10.1 Å². The number of hydrogen-bond acceptors (Lipinski definition) is 1. The minimum atomic E-state index is 0.0169. The molecule has 3 heteroatoms. The van der Waals surface area contributed by atoms with E-state index in [0.717, 1.165) is 5.69 Å². The van der Waals surface area contributed by atoms with Crippen LogP contribution in [0.3, 0.4) is 0 Å². The number of rotatable bonds is 5. The highest BCUT2D eigenvalue weighted by atomic mass is 16.1. The van der Waals surface area contributed by atoms with Crippen LogP contribution >= 0.6 is 0 Å². The number of carbonyl (C=O) groups is 1. The van der Waals surface area contributed by atoms with Crippen molar-refractivity contribution in [2.24, 2.45) is 0 Å². The van der Waals surface area contributed by atoms with Crippen molar-refractivity contribution >= 4 is 22.4 Å². The lowest BCUT2D eigenvalue weighted by atomic mass is 10.00. The quantitative estimate of drug-likeness (QED) is 0.747. The standard InChI is InChI=1S/C20H20N2O/c1-15(18-13-7-9-16-8-5-6-12-19(16)18)21-14-20(23)22-17-10-3-2-4-11-17/h2-13,15,21H,14H2,1H3,(H,22,23)/p+1/t15-/m1/s1. The smallest absolute Gasteiger partial charge is 0.279 e. The number of hydrogen-bond donors (Lipinski definition) is 2. The van der Waals surface area contributed by atoms with Crippen molar-refractivity contribution in [1.29, 1.82) is 0 Å². The molecule has 0 fully saturated rings. The molecule has 0 radical (unpaired) electrons. The molecule has 0 saturated carbocycles. The Morgan fingerprint density at radius 3 is 2.48 bits per heavy atom. The molecule has 3 nitrogen and oxygen atoms in total. The number of benzene rings is 3. The number of carbonyl (C=O) groups excluding carboxylic acids is 1. The van der Waals surface area contributed by atoms with Gasteiger partial charge in [0.1, 0.15) is 6.04 Å². The van der Waals surface area contributed by atoms with Gasteiger partial charge in [0, 0.05) is 11.3 Å². The molecule has 0 spiro atoms. The third-order valence-corrected chi connectivity index (χ3v) is 4.03. The van der Waals surface area contributed by atoms with Crippen LogP contribution in [0, 0.1) is 0 Å². The Labute approximate surface area is 136 Å². The summed E-state index contributed by atoms with van der Waals surface area (Å²) in [5.74, 6) is 0.0169. The van der Waals surface area contributed by atoms with Gasteiger partial charge in [-0.05, 0) is 29.8 Å². The van der Waals surface area contributed by atoms with Crippen molar-refractivity contribution in [2.75, 3.05) is 11.9 Å². The molecule has 116 valence electrons. The molecule has 1 amide bonds. The Hall–Kier alpha value is -2.65. The molecule has 1 atom stereocenters. The Morgan fingerprint density at radius 2 is 1.65 bits per heavy atom. The summed E-state index contributed by atoms with van der Waals surface area (Å²) in [6, 6.07) is 24.5. The second-order valence-corrected chi connectivity index (χ2v) is 5.71. The van der Waals surface area contributed by atoms with Crippen LogP contribution in [-0.4, -0.2) is 12.5 Å². The van der Waals surface area contributed by atoms with E-state index in [2.05, 4.69) is 54.0 Å². The molecule has 3 aromatic carbocycles. The van der Waals surface area contributed by atoms with E-state index in [-0.39, 0.29) is 11.9 Å². The Morgan fingerprint density at radius 1 is 0.957 bits per heavy atom. The van der Waals surface area contributed by atoms with Gasteiger partial charge >= 0.3 is 0 Å². The van der Waals surface area contributed by atoms with E-state index in [1.54, 1.807) is 0 Å². The summed E-state index contributed by atoms with van der Waals surface area (Å²) < 4.78 is 0. The maximum Gasteiger partial charge on any atom is 0.279 e. The highest BCUT2D eigenvalue weighted by molar-refractivity contribution is 5.91. The van der Waals surface area contributed by atoms with Gasteiger partial charge in [0.2, 0.25) is 0 Å². The van der Waals surface area contributed by atoms with Gasteiger partial charge in [-0.25, -0.2) is 0 Å². The van der Waals surface area contributed by atoms with Gasteiger partial charge in [-0.15, -0.1) is 0 Å². The second kappa shape index (κ2) is 7.07. The van der Waals surface area contributed by atoms with Gasteiger partial charge in [0.25, 0.3) is 5.91 Å². The van der Waals surface area contributed by atoms with Crippen LogP contribution in [0.25, 0.3) is 10.8 Å². The highest BCUT2D eigenvalue weighted by Crippen LogP contribution is 2.21. The summed E-state index contributed by atoms with van der Waals surface area (Å²) >= 11 is 0. The Bertz CT molecular complexity index is 794. The minimum Gasteiger partial charge on any atom is -0.332 e. The average Bonchev–Trinajstić information content (AvgIpc) is 2.60. The van der Waals surface area contributed by atoms with Gasteiger partial charge in [-0.3, -0.25) is 4.79 Å². The first kappa shape index (κ1) is 15.3. The van der Waals surface area contributed by atoms with Gasteiger partial charge in [0.05, 0.1) is 0 Å². The number of anilines is 1. The molecule has 0 saturated heterocycles. The topological polar surface area (TPSA) is 45.7 Å². The number of quaternary nitrogens is 1. The molecule has 3 N–H and O–H groups in total. The summed E-state index contributed by atoms with van der Waals surface area (Å²) in [6.45, 7) is 2.54. The normalized spacial score (nSPS) is 12.0. The number of amides is 1. The zero-order valence-electron chi connectivity index (χ0n) is 13.2. The molecule has 0 aliphatic rings. The number of nitrogens with two attached hydrogens (primary N) is 1. The van der Waals surface area contributed by atoms with Crippen molar-refractivity contribution in [3.8, 4) is 0 Å². The van der Waals surface area contributed by atoms with Gasteiger partial charge < -0.3 is 10.6 Å². The predicted octanol–water partition coefficient (Wildman–Crippen LogP) is 3.10. The van der Waals surface area contributed by atoms with Crippen molar-refractivity contribution in [2.45, 2.75) is 13.0 Å². The zero-order chi connectivity index (χ0) is 16.1. The van der Waals surface area contributed by atoms with Gasteiger partial charge in [-0.2, -0.15) is 0 Å². The lowest BCUT2D eigenvalue weighted by molar-refractivity contribution is -0.682. The molecule has 0 aliphatic heterocycles. The highest BCUT2D eigenvalue weighted by Gasteiger charge is 2.14. The Kier molecular flexibility index (Phi) is 4.69. The molecule has 0 bridgehead atoms. The molecule has 0 aliphatic carbocycles. The lowest BCUT2D eigenvalue weighted by Crippen LogP contribution is -2.86. The molecular formula is C20H21N2O+. The molecule has 0 unspecified atom stereocenters. The van der Waals surface area contributed by atoms with Crippen LogP contribution in [0.4, 0.5) is 5.69 Å². The Balaban J connectivity index is 1.65. The fourth-order valence-electron chi connectivity index (χ4n) is 2.79. The monoisotopic (exact) mass is 305 g/mol. The minimum absolute atomic E-state index is 0.0169. The SMILES string of the molecule is C[C@@H]([NH2+]CC(=O)Nc1ccccc1)c1cccc2ccccc12. The van der Waals surface area contributed by atoms with Crippen LogP contribution in [0.2, 0.25) is 0 Å². The first-order valence-corrected chi connectivity index (χ1v) is 7.90. The summed E-state index contributed by atoms with van der Waals surface area (Å²) in [7, 11) is 0. The third kappa shape index (κ3) is 3.76. The van der Waals surface area contributed by atoms with E-state index in [1.807, 2.05) is 36.4 Å². The molecule has 0 aromatic heterocycles. The first-order valence-electron chi connectivity index (χ1n) is 7.90. The zero-order valence-corrected chi connectivity index (χ0v) is 13.2. The second-order valence-electron chi connectivity index (χ2n) is 5.71. The summed E-state index contributed by atoms with van der Waals surface area (Å²) in [5, 5.41) is 7.47. The van der Waals surface area contributed by atoms with E-state index in [4.69, 9.17) is 0 Å². The molecule has 0 heterocycles. The third-order valence-electron chi connectivity index (χ3n) is 4.03. The van der Waals surface area contributed by atoms with Gasteiger partial charge in [0.15, 0.2) is 6.54 Å². The maximum atomic E-state index is 12.1. The van der Waals surface area contributed by atoms with Crippen LogP contribution in [0.15, 0.2) is 72.8 Å². The van der Waals surface area contributed by atoms with Crippen LogP contribution < -0.4 is 10.6 Å². The van der Waals surface area contributed by atoms with Crippen molar-refractivity contribution in [1.82, 2.24) is 0 Å². The lowest BCUT2D eigenvalue weighted by Gasteiger charge is -2.13. The summed E-state index contributed by atoms with van der Waals surface area (Å²) in [6.07, 6.45) is 0. The number of para-hydroxylation sites is 1. The molecular weight excluding hydrogens is 284 g/mol.